The number of carbonyl (C=O) groups excluding carboxylic acids is 1. The van der Waals surface area contributed by atoms with E-state index in [-0.39, 0.29) is 17.9 Å². The maximum Gasteiger partial charge on any atom is 0.253 e. The highest BCUT2D eigenvalue weighted by atomic mass is 16.3. The minimum Gasteiger partial charge on any atom is -0.396 e. The molecule has 1 aromatic rings. The smallest absolute Gasteiger partial charge is 0.253 e. The van der Waals surface area contributed by atoms with E-state index < -0.39 is 0 Å². The van der Waals surface area contributed by atoms with Crippen molar-refractivity contribution < 1.29 is 9.90 Å². The summed E-state index contributed by atoms with van der Waals surface area (Å²) in [6.07, 6.45) is 3.06. The summed E-state index contributed by atoms with van der Waals surface area (Å²) in [6.45, 7) is 7.27. The number of carbonyl (C=O) groups is 1. The first-order valence-electron chi connectivity index (χ1n) is 6.65. The van der Waals surface area contributed by atoms with Gasteiger partial charge in [0.25, 0.3) is 5.91 Å². The lowest BCUT2D eigenvalue weighted by Gasteiger charge is -2.23. The van der Waals surface area contributed by atoms with Crippen molar-refractivity contribution in [3.63, 3.8) is 0 Å². The molecule has 0 unspecified atom stereocenters. The molecule has 0 saturated carbocycles. The van der Waals surface area contributed by atoms with Crippen LogP contribution in [0, 0.1) is 5.41 Å². The van der Waals surface area contributed by atoms with Gasteiger partial charge in [-0.3, -0.25) is 9.78 Å². The molecule has 19 heavy (non-hydrogen) atoms. The van der Waals surface area contributed by atoms with Gasteiger partial charge in [0.2, 0.25) is 0 Å². The molecule has 1 amide bonds. The fraction of sp³-hybridized carbons (Fsp3) is 0.600. The van der Waals surface area contributed by atoms with Gasteiger partial charge in [-0.1, -0.05) is 20.8 Å². The average molecular weight is 264 g/mol. The Morgan fingerprint density at radius 3 is 2.68 bits per heavy atom. The topological polar surface area (TPSA) is 53.4 Å². The molecule has 0 aliphatic heterocycles. The van der Waals surface area contributed by atoms with Gasteiger partial charge in [0.15, 0.2) is 0 Å². The van der Waals surface area contributed by atoms with Crippen LogP contribution in [-0.2, 0) is 6.42 Å². The van der Waals surface area contributed by atoms with Crippen molar-refractivity contribution in [3.8, 4) is 0 Å². The fourth-order valence-corrected chi connectivity index (χ4v) is 1.69. The first-order chi connectivity index (χ1) is 8.83. The van der Waals surface area contributed by atoms with E-state index in [1.807, 2.05) is 7.05 Å². The SMILES string of the molecule is CN(CCC(C)(C)C)C(=O)c1ccnc(CCO)c1. The molecule has 1 aromatic heterocycles. The standard InChI is InChI=1S/C15H24N2O2/c1-15(2,3)7-9-17(4)14(19)12-5-8-16-13(11-12)6-10-18/h5,8,11,18H,6-7,9-10H2,1-4H3. The Morgan fingerprint density at radius 2 is 2.11 bits per heavy atom. The molecule has 1 rings (SSSR count). The summed E-state index contributed by atoms with van der Waals surface area (Å²) < 4.78 is 0. The predicted octanol–water partition coefficient (Wildman–Crippen LogP) is 2.12. The van der Waals surface area contributed by atoms with E-state index in [9.17, 15) is 4.79 Å². The van der Waals surface area contributed by atoms with Crippen molar-refractivity contribution in [2.24, 2.45) is 5.41 Å². The number of aromatic nitrogens is 1. The number of rotatable bonds is 5. The second-order valence-corrected chi connectivity index (χ2v) is 6.05. The normalized spacial score (nSPS) is 11.4. The lowest BCUT2D eigenvalue weighted by Crippen LogP contribution is -2.30. The first kappa shape index (κ1) is 15.6. The van der Waals surface area contributed by atoms with Crippen LogP contribution in [-0.4, -0.2) is 41.1 Å². The Morgan fingerprint density at radius 1 is 1.42 bits per heavy atom. The van der Waals surface area contributed by atoms with Crippen molar-refractivity contribution in [2.45, 2.75) is 33.6 Å². The summed E-state index contributed by atoms with van der Waals surface area (Å²) in [5, 5.41) is 8.90. The molecule has 0 aliphatic rings. The van der Waals surface area contributed by atoms with E-state index in [1.165, 1.54) is 0 Å². The summed E-state index contributed by atoms with van der Waals surface area (Å²) >= 11 is 0. The zero-order valence-corrected chi connectivity index (χ0v) is 12.3. The van der Waals surface area contributed by atoms with Gasteiger partial charge >= 0.3 is 0 Å². The first-order valence-corrected chi connectivity index (χ1v) is 6.65. The molecule has 0 bridgehead atoms. The Bertz CT molecular complexity index is 424. The maximum atomic E-state index is 12.3. The van der Waals surface area contributed by atoms with Crippen molar-refractivity contribution in [3.05, 3.63) is 29.6 Å². The largest absolute Gasteiger partial charge is 0.396 e. The molecule has 0 radical (unpaired) electrons. The molecule has 4 nitrogen and oxygen atoms in total. The van der Waals surface area contributed by atoms with E-state index in [1.54, 1.807) is 23.2 Å². The minimum atomic E-state index is 0.00541. The van der Waals surface area contributed by atoms with Crippen molar-refractivity contribution in [1.29, 1.82) is 0 Å². The Hall–Kier alpha value is -1.42. The molecular weight excluding hydrogens is 240 g/mol. The lowest BCUT2D eigenvalue weighted by molar-refractivity contribution is 0.0780. The van der Waals surface area contributed by atoms with Crippen LogP contribution in [0.1, 0.15) is 43.2 Å². The molecule has 0 spiro atoms. The van der Waals surface area contributed by atoms with Crippen LogP contribution in [0.2, 0.25) is 0 Å². The third-order valence-corrected chi connectivity index (χ3v) is 2.98. The summed E-state index contributed by atoms with van der Waals surface area (Å²) in [5.41, 5.74) is 1.60. The van der Waals surface area contributed by atoms with Gasteiger partial charge in [-0.05, 0) is 24.0 Å². The van der Waals surface area contributed by atoms with Crippen molar-refractivity contribution in [1.82, 2.24) is 9.88 Å². The number of hydrogen-bond donors (Lipinski definition) is 1. The minimum absolute atomic E-state index is 0.00541. The second kappa shape index (κ2) is 6.66. The second-order valence-electron chi connectivity index (χ2n) is 6.05. The number of pyridine rings is 1. The van der Waals surface area contributed by atoms with Crippen LogP contribution in [0.15, 0.2) is 18.3 Å². The van der Waals surface area contributed by atoms with Gasteiger partial charge in [0.05, 0.1) is 0 Å². The maximum absolute atomic E-state index is 12.3. The van der Waals surface area contributed by atoms with Crippen LogP contribution >= 0.6 is 0 Å². The Kier molecular flexibility index (Phi) is 5.48. The van der Waals surface area contributed by atoms with Gasteiger partial charge in [0, 0.05) is 44.1 Å². The molecule has 106 valence electrons. The third-order valence-electron chi connectivity index (χ3n) is 2.98. The number of amides is 1. The van der Waals surface area contributed by atoms with E-state index in [0.29, 0.717) is 12.0 Å². The molecule has 0 saturated heterocycles. The van der Waals surface area contributed by atoms with Crippen LogP contribution < -0.4 is 0 Å². The van der Waals surface area contributed by atoms with Crippen LogP contribution in [0.25, 0.3) is 0 Å². The van der Waals surface area contributed by atoms with Gasteiger partial charge < -0.3 is 10.0 Å². The van der Waals surface area contributed by atoms with Gasteiger partial charge in [-0.25, -0.2) is 0 Å². The molecule has 1 heterocycles. The van der Waals surface area contributed by atoms with Crippen LogP contribution in [0.3, 0.4) is 0 Å². The van der Waals surface area contributed by atoms with Crippen LogP contribution in [0.5, 0.6) is 0 Å². The quantitative estimate of drug-likeness (QED) is 0.886. The lowest BCUT2D eigenvalue weighted by atomic mass is 9.92. The molecule has 0 aromatic carbocycles. The predicted molar refractivity (Wildman–Crippen MR) is 76.1 cm³/mol. The zero-order chi connectivity index (χ0) is 14.5. The number of nitrogens with zero attached hydrogens (tertiary/aromatic N) is 2. The molecule has 4 heteroatoms. The van der Waals surface area contributed by atoms with E-state index in [0.717, 1.165) is 18.7 Å². The van der Waals surface area contributed by atoms with Gasteiger partial charge in [0.1, 0.15) is 0 Å². The summed E-state index contributed by atoms with van der Waals surface area (Å²) in [5.74, 6) is 0.00541. The Balaban J connectivity index is 2.68. The van der Waals surface area contributed by atoms with E-state index in [2.05, 4.69) is 25.8 Å². The highest BCUT2D eigenvalue weighted by Crippen LogP contribution is 2.19. The van der Waals surface area contributed by atoms with E-state index in [4.69, 9.17) is 5.11 Å². The number of aliphatic hydroxyl groups is 1. The third kappa shape index (κ3) is 5.39. The summed E-state index contributed by atoms with van der Waals surface area (Å²) in [7, 11) is 1.82. The highest BCUT2D eigenvalue weighted by Gasteiger charge is 2.16. The molecule has 1 N–H and O–H groups in total. The van der Waals surface area contributed by atoms with Crippen molar-refractivity contribution in [2.75, 3.05) is 20.2 Å². The zero-order valence-electron chi connectivity index (χ0n) is 12.3. The summed E-state index contributed by atoms with van der Waals surface area (Å²) in [6, 6.07) is 3.48. The van der Waals surface area contributed by atoms with Crippen molar-refractivity contribution >= 4 is 5.91 Å². The molecular formula is C15H24N2O2. The Labute approximate surface area is 115 Å². The van der Waals surface area contributed by atoms with E-state index >= 15 is 0 Å². The fourth-order valence-electron chi connectivity index (χ4n) is 1.69. The summed E-state index contributed by atoms with van der Waals surface area (Å²) in [4.78, 5) is 18.1. The molecule has 0 atom stereocenters. The van der Waals surface area contributed by atoms with Crippen LogP contribution in [0.4, 0.5) is 0 Å². The number of aliphatic hydroxyl groups excluding tert-OH is 1. The molecule has 0 aliphatic carbocycles. The molecule has 0 fully saturated rings. The van der Waals surface area contributed by atoms with Gasteiger partial charge in [-0.15, -0.1) is 0 Å². The number of hydrogen-bond acceptors (Lipinski definition) is 3. The van der Waals surface area contributed by atoms with Gasteiger partial charge in [-0.2, -0.15) is 0 Å². The monoisotopic (exact) mass is 264 g/mol. The highest BCUT2D eigenvalue weighted by molar-refractivity contribution is 5.94. The average Bonchev–Trinajstić information content (AvgIpc) is 2.35.